The van der Waals surface area contributed by atoms with Crippen LogP contribution in [0.2, 0.25) is 0 Å². The molecule has 0 aliphatic rings. The molecule has 4 N–H and O–H groups in total. The van der Waals surface area contributed by atoms with Gasteiger partial charge in [-0.25, -0.2) is 0 Å². The van der Waals surface area contributed by atoms with Crippen molar-refractivity contribution in [1.82, 2.24) is 0 Å². The lowest BCUT2D eigenvalue weighted by Crippen LogP contribution is -2.37. The molecule has 0 unspecified atom stereocenters. The molecule has 2 amide bonds. The van der Waals surface area contributed by atoms with Crippen molar-refractivity contribution in [1.29, 1.82) is 0 Å². The molecule has 0 saturated carbocycles. The largest absolute Gasteiger partial charge is 0.370 e. The topological polar surface area (TPSA) is 86.2 Å². The summed E-state index contributed by atoms with van der Waals surface area (Å²) in [5.41, 5.74) is 11.3. The summed E-state index contributed by atoms with van der Waals surface area (Å²) in [4.78, 5) is 24.1. The van der Waals surface area contributed by atoms with Gasteiger partial charge >= 0.3 is 0 Å². The zero-order valence-corrected chi connectivity index (χ0v) is 40.1. The third-order valence-corrected chi connectivity index (χ3v) is 13.6. The van der Waals surface area contributed by atoms with Crippen LogP contribution < -0.4 is 11.5 Å². The lowest BCUT2D eigenvalue weighted by molar-refractivity contribution is -0.129. The van der Waals surface area contributed by atoms with Crippen LogP contribution in [-0.4, -0.2) is 11.8 Å². The predicted octanol–water partition coefficient (Wildman–Crippen LogP) is 18.1. The van der Waals surface area contributed by atoms with E-state index in [-0.39, 0.29) is 17.2 Å². The summed E-state index contributed by atoms with van der Waals surface area (Å²) in [7, 11) is 0. The van der Waals surface area contributed by atoms with Crippen LogP contribution in [0.15, 0.2) is 0 Å². The van der Waals surface area contributed by atoms with Crippen molar-refractivity contribution in [3.05, 3.63) is 0 Å². The van der Waals surface area contributed by atoms with Gasteiger partial charge in [0.1, 0.15) is 0 Å². The van der Waals surface area contributed by atoms with Crippen molar-refractivity contribution in [3.63, 3.8) is 0 Å². The quantitative estimate of drug-likeness (QED) is 0.0599. The normalized spacial score (nSPS) is 11.8. The van der Waals surface area contributed by atoms with Gasteiger partial charge in [0.2, 0.25) is 11.8 Å². The van der Waals surface area contributed by atoms with Crippen LogP contribution in [0, 0.1) is 5.41 Å². The number of amides is 2. The molecule has 4 heteroatoms. The zero-order chi connectivity index (χ0) is 42.3. The van der Waals surface area contributed by atoms with E-state index in [1.165, 1.54) is 270 Å². The Labute approximate surface area is 365 Å². The molecule has 0 heterocycles. The van der Waals surface area contributed by atoms with Gasteiger partial charge in [0.15, 0.2) is 0 Å². The molecular formula is C54H108N2O2. The molecule has 0 atom stereocenters. The van der Waals surface area contributed by atoms with Gasteiger partial charge in [-0.2, -0.15) is 0 Å². The fraction of sp³-hybridized carbons (Fsp3) is 0.963. The van der Waals surface area contributed by atoms with Crippen LogP contribution in [0.3, 0.4) is 0 Å². The molecule has 0 aromatic carbocycles. The number of carbonyl (C=O) groups excluding carboxylic acids is 2. The summed E-state index contributed by atoms with van der Waals surface area (Å²) in [6.45, 7) is 4.60. The number of primary amides is 2. The third kappa shape index (κ3) is 41.7. The molecule has 0 aliphatic carbocycles. The first-order chi connectivity index (χ1) is 28.5. The maximum Gasteiger partial charge on any atom is 0.223 e. The summed E-state index contributed by atoms with van der Waals surface area (Å²) in [6, 6.07) is 0. The van der Waals surface area contributed by atoms with E-state index in [9.17, 15) is 9.59 Å². The molecule has 0 aliphatic heterocycles. The van der Waals surface area contributed by atoms with E-state index in [2.05, 4.69) is 13.8 Å². The molecule has 346 valence electrons. The van der Waals surface area contributed by atoms with Crippen molar-refractivity contribution < 1.29 is 9.59 Å². The molecular weight excluding hydrogens is 709 g/mol. The van der Waals surface area contributed by atoms with Crippen LogP contribution in [-0.2, 0) is 9.59 Å². The van der Waals surface area contributed by atoms with Crippen molar-refractivity contribution in [2.45, 2.75) is 328 Å². The first kappa shape index (κ1) is 56.9. The van der Waals surface area contributed by atoms with Crippen LogP contribution in [0.25, 0.3) is 0 Å². The average molecular weight is 817 g/mol. The lowest BCUT2D eigenvalue weighted by atomic mass is 9.73. The molecule has 0 bridgehead atoms. The third-order valence-electron chi connectivity index (χ3n) is 13.6. The van der Waals surface area contributed by atoms with Crippen molar-refractivity contribution >= 4 is 11.8 Å². The number of rotatable bonds is 51. The van der Waals surface area contributed by atoms with Crippen molar-refractivity contribution in [2.24, 2.45) is 16.9 Å². The van der Waals surface area contributed by atoms with E-state index in [0.29, 0.717) is 6.42 Å². The van der Waals surface area contributed by atoms with Crippen LogP contribution in [0.4, 0.5) is 0 Å². The monoisotopic (exact) mass is 817 g/mol. The van der Waals surface area contributed by atoms with Crippen molar-refractivity contribution in [3.8, 4) is 0 Å². The van der Waals surface area contributed by atoms with Crippen LogP contribution in [0.5, 0.6) is 0 Å². The highest BCUT2D eigenvalue weighted by atomic mass is 16.1. The first-order valence-electron chi connectivity index (χ1n) is 27.1. The summed E-state index contributed by atoms with van der Waals surface area (Å²) in [5, 5.41) is 0. The molecule has 0 radical (unpaired) electrons. The van der Waals surface area contributed by atoms with Crippen LogP contribution >= 0.6 is 0 Å². The fourth-order valence-electron chi connectivity index (χ4n) is 9.47. The predicted molar refractivity (Wildman–Crippen MR) is 258 cm³/mol. The Morgan fingerprint density at radius 3 is 0.621 bits per heavy atom. The number of nitrogens with two attached hydrogens (primary N) is 2. The van der Waals surface area contributed by atoms with Gasteiger partial charge in [0, 0.05) is 11.8 Å². The average Bonchev–Trinajstić information content (AvgIpc) is 3.21. The summed E-state index contributed by atoms with van der Waals surface area (Å²) < 4.78 is 0. The van der Waals surface area contributed by atoms with E-state index in [4.69, 9.17) is 11.5 Å². The van der Waals surface area contributed by atoms with Gasteiger partial charge in [0.25, 0.3) is 0 Å². The van der Waals surface area contributed by atoms with E-state index in [1.54, 1.807) is 0 Å². The second-order valence-corrected chi connectivity index (χ2v) is 19.3. The number of unbranched alkanes of at least 4 members (excludes halogenated alkanes) is 42. The summed E-state index contributed by atoms with van der Waals surface area (Å²) >= 11 is 0. The Kier molecular flexibility index (Phi) is 46.1. The highest BCUT2D eigenvalue weighted by molar-refractivity contribution is 5.80. The standard InChI is InChI=1S/C54H108N2O2/c1-3-5-7-9-11-13-15-17-19-21-25-29-33-37-41-45-49-54(53(56)58,50-46-42-38-34-30-26-22-20-18-16-14-12-10-8-6-4-2)51-47-43-39-35-31-27-23-24-28-32-36-40-44-48-52(55)57/h3-51H2,1-2H3,(H2,55,57)(H2,56,58). The first-order valence-corrected chi connectivity index (χ1v) is 27.1. The highest BCUT2D eigenvalue weighted by Crippen LogP contribution is 2.37. The Bertz CT molecular complexity index is 792. The smallest absolute Gasteiger partial charge is 0.223 e. The minimum atomic E-state index is -0.272. The van der Waals surface area contributed by atoms with Gasteiger partial charge in [-0.1, -0.05) is 296 Å². The van der Waals surface area contributed by atoms with Crippen molar-refractivity contribution in [2.75, 3.05) is 0 Å². The van der Waals surface area contributed by atoms with E-state index >= 15 is 0 Å². The summed E-state index contributed by atoms with van der Waals surface area (Å²) in [6.07, 6.45) is 64.3. The SMILES string of the molecule is CCCCCCCCCCCCCCCCCCC(CCCCCCCCCCCCCCCCCC)(CCCCCCCCCCCCCCCC(N)=O)C(N)=O. The molecule has 58 heavy (non-hydrogen) atoms. The fourth-order valence-corrected chi connectivity index (χ4v) is 9.47. The van der Waals surface area contributed by atoms with E-state index in [1.807, 2.05) is 0 Å². The molecule has 0 aromatic heterocycles. The zero-order valence-electron chi connectivity index (χ0n) is 40.1. The number of hydrogen-bond donors (Lipinski definition) is 2. The molecule has 0 aromatic rings. The Balaban J connectivity index is 4.33. The van der Waals surface area contributed by atoms with Gasteiger partial charge in [-0.3, -0.25) is 9.59 Å². The maximum absolute atomic E-state index is 13.2. The maximum atomic E-state index is 13.2. The highest BCUT2D eigenvalue weighted by Gasteiger charge is 2.34. The minimum Gasteiger partial charge on any atom is -0.370 e. The second kappa shape index (κ2) is 47.0. The van der Waals surface area contributed by atoms with Crippen LogP contribution in [0.1, 0.15) is 328 Å². The van der Waals surface area contributed by atoms with Gasteiger partial charge in [-0.05, 0) is 25.7 Å². The lowest BCUT2D eigenvalue weighted by Gasteiger charge is -2.31. The van der Waals surface area contributed by atoms with Gasteiger partial charge in [0.05, 0.1) is 0 Å². The number of carbonyl (C=O) groups is 2. The number of hydrogen-bond acceptors (Lipinski definition) is 2. The van der Waals surface area contributed by atoms with E-state index < -0.39 is 0 Å². The Morgan fingerprint density at radius 1 is 0.276 bits per heavy atom. The molecule has 0 saturated heterocycles. The van der Waals surface area contributed by atoms with Gasteiger partial charge < -0.3 is 11.5 Å². The molecule has 4 nitrogen and oxygen atoms in total. The Morgan fingerprint density at radius 2 is 0.448 bits per heavy atom. The van der Waals surface area contributed by atoms with Gasteiger partial charge in [-0.15, -0.1) is 0 Å². The second-order valence-electron chi connectivity index (χ2n) is 19.3. The molecule has 0 fully saturated rings. The molecule has 0 rings (SSSR count). The minimum absolute atomic E-state index is 0.00212. The Hall–Kier alpha value is -1.06. The van der Waals surface area contributed by atoms with E-state index in [0.717, 1.165) is 38.5 Å². The summed E-state index contributed by atoms with van der Waals surface area (Å²) in [5.74, 6) is -0.161. The molecule has 0 spiro atoms.